The Morgan fingerprint density at radius 1 is 1.06 bits per heavy atom. The zero-order valence-electron chi connectivity index (χ0n) is 17.7. The van der Waals surface area contributed by atoms with E-state index in [0.29, 0.717) is 22.4 Å². The Labute approximate surface area is 183 Å². The summed E-state index contributed by atoms with van der Waals surface area (Å²) in [5.41, 5.74) is 2.56. The molecule has 5 rings (SSSR count). The maximum atomic E-state index is 13.6. The molecule has 0 spiro atoms. The highest BCUT2D eigenvalue weighted by atomic mass is 16.5. The molecule has 3 heterocycles. The number of fused-ring (bicyclic) bond motifs is 2. The quantitative estimate of drug-likeness (QED) is 0.524. The van der Waals surface area contributed by atoms with E-state index in [4.69, 9.17) is 9.15 Å². The Bertz CT molecular complexity index is 1460. The van der Waals surface area contributed by atoms with Crippen LogP contribution in [-0.4, -0.2) is 23.1 Å². The van der Waals surface area contributed by atoms with Gasteiger partial charge in [-0.25, -0.2) is 4.98 Å². The molecule has 1 N–H and O–H groups in total. The van der Waals surface area contributed by atoms with Crippen molar-refractivity contribution in [3.8, 4) is 11.5 Å². The van der Waals surface area contributed by atoms with Gasteiger partial charge in [-0.05, 0) is 55.8 Å². The van der Waals surface area contributed by atoms with Crippen LogP contribution in [0.15, 0.2) is 63.8 Å². The average Bonchev–Trinajstić information content (AvgIpc) is 3.07. The van der Waals surface area contributed by atoms with E-state index < -0.39 is 11.9 Å². The lowest BCUT2D eigenvalue weighted by Gasteiger charge is -2.25. The van der Waals surface area contributed by atoms with Gasteiger partial charge in [0.15, 0.2) is 16.9 Å². The third kappa shape index (κ3) is 2.93. The Morgan fingerprint density at radius 3 is 2.62 bits per heavy atom. The minimum absolute atomic E-state index is 0.00768. The van der Waals surface area contributed by atoms with Crippen molar-refractivity contribution in [2.45, 2.75) is 19.9 Å². The second-order valence-electron chi connectivity index (χ2n) is 7.82. The van der Waals surface area contributed by atoms with Gasteiger partial charge >= 0.3 is 0 Å². The van der Waals surface area contributed by atoms with Crippen LogP contribution < -0.4 is 15.1 Å². The van der Waals surface area contributed by atoms with E-state index >= 15 is 0 Å². The number of phenolic OH excluding ortho intramolecular Hbond substituents is 1. The number of benzene rings is 2. The lowest BCUT2D eigenvalue weighted by Crippen LogP contribution is -2.30. The second-order valence-corrected chi connectivity index (χ2v) is 7.82. The molecule has 160 valence electrons. The van der Waals surface area contributed by atoms with Crippen LogP contribution in [0.25, 0.3) is 11.0 Å². The number of ether oxygens (including phenoxy) is 1. The largest absolute Gasteiger partial charge is 0.504 e. The third-order valence-electron chi connectivity index (χ3n) is 5.67. The van der Waals surface area contributed by atoms with Crippen LogP contribution >= 0.6 is 0 Å². The van der Waals surface area contributed by atoms with E-state index in [1.54, 1.807) is 36.4 Å². The smallest absolute Gasteiger partial charge is 0.296 e. The first kappa shape index (κ1) is 19.8. The first-order valence-corrected chi connectivity index (χ1v) is 10.1. The molecule has 0 saturated heterocycles. The molecule has 1 unspecified atom stereocenters. The summed E-state index contributed by atoms with van der Waals surface area (Å²) in [4.78, 5) is 33.2. The topological polar surface area (TPSA) is 92.9 Å². The number of methoxy groups -OCH3 is 1. The highest BCUT2D eigenvalue weighted by molar-refractivity contribution is 6.10. The highest BCUT2D eigenvalue weighted by Crippen LogP contribution is 2.42. The first-order chi connectivity index (χ1) is 15.4. The van der Waals surface area contributed by atoms with Crippen molar-refractivity contribution in [2.24, 2.45) is 0 Å². The molecule has 7 heteroatoms. The number of aromatic nitrogens is 1. The predicted molar refractivity (Wildman–Crippen MR) is 120 cm³/mol. The van der Waals surface area contributed by atoms with E-state index in [1.807, 2.05) is 26.0 Å². The lowest BCUT2D eigenvalue weighted by atomic mass is 9.97. The van der Waals surface area contributed by atoms with Crippen molar-refractivity contribution < 1.29 is 19.1 Å². The number of nitrogens with zero attached hydrogens (tertiary/aromatic N) is 2. The van der Waals surface area contributed by atoms with Crippen molar-refractivity contribution >= 4 is 22.7 Å². The fourth-order valence-electron chi connectivity index (χ4n) is 4.17. The van der Waals surface area contributed by atoms with E-state index in [9.17, 15) is 14.7 Å². The SMILES string of the molecule is COc1cc(C2c3c(oc4ccc(C)cc4c3=O)C(=O)N2c2cccc(C)n2)ccc1O. The van der Waals surface area contributed by atoms with Crippen molar-refractivity contribution in [1.82, 2.24) is 4.98 Å². The van der Waals surface area contributed by atoms with Crippen molar-refractivity contribution in [3.63, 3.8) is 0 Å². The van der Waals surface area contributed by atoms with Gasteiger partial charge in [0, 0.05) is 5.69 Å². The van der Waals surface area contributed by atoms with Crippen LogP contribution in [0.3, 0.4) is 0 Å². The molecule has 1 amide bonds. The number of anilines is 1. The number of amides is 1. The lowest BCUT2D eigenvalue weighted by molar-refractivity contribution is 0.0970. The number of carbonyl (C=O) groups excluding carboxylic acids is 1. The molecule has 0 fully saturated rings. The van der Waals surface area contributed by atoms with E-state index in [2.05, 4.69) is 4.98 Å². The van der Waals surface area contributed by atoms with Crippen LogP contribution in [-0.2, 0) is 0 Å². The highest BCUT2D eigenvalue weighted by Gasteiger charge is 2.44. The van der Waals surface area contributed by atoms with Crippen LogP contribution in [0.4, 0.5) is 5.82 Å². The molecule has 2 aromatic heterocycles. The summed E-state index contributed by atoms with van der Waals surface area (Å²) in [5.74, 6) is 0.142. The van der Waals surface area contributed by atoms with Gasteiger partial charge in [-0.3, -0.25) is 14.5 Å². The molecule has 7 nitrogen and oxygen atoms in total. The minimum atomic E-state index is -0.789. The maximum absolute atomic E-state index is 13.6. The van der Waals surface area contributed by atoms with Gasteiger partial charge < -0.3 is 14.3 Å². The molecular weight excluding hydrogens is 408 g/mol. The number of phenols is 1. The summed E-state index contributed by atoms with van der Waals surface area (Å²) in [7, 11) is 1.44. The number of aromatic hydroxyl groups is 1. The van der Waals surface area contributed by atoms with E-state index in [-0.39, 0.29) is 28.3 Å². The third-order valence-corrected chi connectivity index (χ3v) is 5.67. The summed E-state index contributed by atoms with van der Waals surface area (Å²) < 4.78 is 11.2. The summed E-state index contributed by atoms with van der Waals surface area (Å²) >= 11 is 0. The van der Waals surface area contributed by atoms with Crippen LogP contribution in [0.5, 0.6) is 11.5 Å². The zero-order chi connectivity index (χ0) is 22.6. The zero-order valence-corrected chi connectivity index (χ0v) is 17.7. The normalized spacial score (nSPS) is 15.3. The molecule has 2 aromatic carbocycles. The summed E-state index contributed by atoms with van der Waals surface area (Å²) in [6.45, 7) is 3.72. The number of hydrogen-bond donors (Lipinski definition) is 1. The van der Waals surface area contributed by atoms with Crippen molar-refractivity contribution in [2.75, 3.05) is 12.0 Å². The Kier molecular flexibility index (Phi) is 4.48. The molecule has 4 aromatic rings. The van der Waals surface area contributed by atoms with E-state index in [0.717, 1.165) is 11.3 Å². The number of hydrogen-bond acceptors (Lipinski definition) is 6. The molecule has 1 aliphatic heterocycles. The molecule has 0 radical (unpaired) electrons. The average molecular weight is 428 g/mol. The Morgan fingerprint density at radius 2 is 1.88 bits per heavy atom. The maximum Gasteiger partial charge on any atom is 0.296 e. The minimum Gasteiger partial charge on any atom is -0.504 e. The fraction of sp³-hybridized carbons (Fsp3) is 0.160. The number of rotatable bonds is 3. The Hall–Kier alpha value is -4.13. The summed E-state index contributed by atoms with van der Waals surface area (Å²) in [5, 5.41) is 10.5. The van der Waals surface area contributed by atoms with E-state index in [1.165, 1.54) is 18.1 Å². The monoisotopic (exact) mass is 428 g/mol. The van der Waals surface area contributed by atoms with Crippen molar-refractivity contribution in [3.05, 3.63) is 93.0 Å². The molecule has 1 atom stereocenters. The van der Waals surface area contributed by atoms with Gasteiger partial charge in [-0.2, -0.15) is 0 Å². The molecule has 0 saturated carbocycles. The number of carbonyl (C=O) groups is 1. The van der Waals surface area contributed by atoms with Crippen LogP contribution in [0, 0.1) is 13.8 Å². The van der Waals surface area contributed by atoms with Gasteiger partial charge in [0.1, 0.15) is 11.4 Å². The Balaban J connectivity index is 1.83. The molecular formula is C25H20N2O5. The number of aryl methyl sites for hydroxylation is 2. The van der Waals surface area contributed by atoms with Gasteiger partial charge in [0.2, 0.25) is 5.76 Å². The second kappa shape index (κ2) is 7.23. The number of pyridine rings is 1. The first-order valence-electron chi connectivity index (χ1n) is 10.1. The van der Waals surface area contributed by atoms with Gasteiger partial charge in [0.25, 0.3) is 5.91 Å². The van der Waals surface area contributed by atoms with Crippen LogP contribution in [0.2, 0.25) is 0 Å². The standard InChI is InChI=1S/C25H20N2O5/c1-13-7-10-18-16(11-13)23(29)21-22(15-8-9-17(28)19(12-15)31-3)27(25(30)24(21)32-18)20-6-4-5-14(2)26-20/h4-12,22,28H,1-3H3. The van der Waals surface area contributed by atoms with Crippen LogP contribution in [0.1, 0.15) is 39.0 Å². The van der Waals surface area contributed by atoms with Gasteiger partial charge in [0.05, 0.1) is 24.1 Å². The van der Waals surface area contributed by atoms with Crippen molar-refractivity contribution in [1.29, 1.82) is 0 Å². The fourth-order valence-corrected chi connectivity index (χ4v) is 4.17. The predicted octanol–water partition coefficient (Wildman–Crippen LogP) is 4.27. The van der Waals surface area contributed by atoms with Gasteiger partial charge in [-0.1, -0.05) is 23.8 Å². The molecule has 32 heavy (non-hydrogen) atoms. The van der Waals surface area contributed by atoms with Gasteiger partial charge in [-0.15, -0.1) is 0 Å². The molecule has 1 aliphatic rings. The summed E-state index contributed by atoms with van der Waals surface area (Å²) in [6.07, 6.45) is 0. The molecule has 0 bridgehead atoms. The summed E-state index contributed by atoms with van der Waals surface area (Å²) in [6, 6.07) is 14.6. The molecule has 0 aliphatic carbocycles.